The normalized spacial score (nSPS) is 14.3. The zero-order valence-electron chi connectivity index (χ0n) is 18.5. The average Bonchev–Trinajstić information content (AvgIpc) is 3.13. The number of benzene rings is 2. The molecule has 6 nitrogen and oxygen atoms in total. The fraction of sp³-hybridized carbons (Fsp3) is 0.333. The number of anilines is 2. The lowest BCUT2D eigenvalue weighted by molar-refractivity contribution is -0.134. The van der Waals surface area contributed by atoms with E-state index < -0.39 is 17.7 Å². The SMILES string of the molecule is CC(C)CC(N)C(=O)N1CCn2c(nc(-c3ccc(F)cc3)c2Nc2ccc(F)c(F)c2)C1. The number of nitrogens with two attached hydrogens (primary N) is 1. The second-order valence-corrected chi connectivity index (χ2v) is 8.63. The predicted molar refractivity (Wildman–Crippen MR) is 120 cm³/mol. The molecule has 1 unspecified atom stereocenters. The van der Waals surface area contributed by atoms with Crippen LogP contribution in [0.4, 0.5) is 24.7 Å². The summed E-state index contributed by atoms with van der Waals surface area (Å²) < 4.78 is 42.6. The molecule has 2 aromatic carbocycles. The summed E-state index contributed by atoms with van der Waals surface area (Å²) in [4.78, 5) is 19.2. The lowest BCUT2D eigenvalue weighted by Gasteiger charge is -2.31. The van der Waals surface area contributed by atoms with Crippen LogP contribution in [-0.4, -0.2) is 32.9 Å². The molecule has 0 aliphatic carbocycles. The molecule has 1 aromatic heterocycles. The van der Waals surface area contributed by atoms with Crippen LogP contribution in [0.15, 0.2) is 42.5 Å². The predicted octanol–water partition coefficient (Wildman–Crippen LogP) is 4.43. The summed E-state index contributed by atoms with van der Waals surface area (Å²) in [7, 11) is 0. The Balaban J connectivity index is 1.69. The van der Waals surface area contributed by atoms with Gasteiger partial charge in [0.15, 0.2) is 11.6 Å². The van der Waals surface area contributed by atoms with E-state index in [1.807, 2.05) is 18.4 Å². The van der Waals surface area contributed by atoms with E-state index in [0.29, 0.717) is 54.0 Å². The number of halogens is 3. The van der Waals surface area contributed by atoms with Gasteiger partial charge in [0.2, 0.25) is 5.91 Å². The van der Waals surface area contributed by atoms with E-state index in [9.17, 15) is 18.0 Å². The van der Waals surface area contributed by atoms with Crippen molar-refractivity contribution in [3.05, 3.63) is 65.7 Å². The van der Waals surface area contributed by atoms with Gasteiger partial charge in [0.05, 0.1) is 12.6 Å². The first kappa shape index (κ1) is 22.8. The first-order chi connectivity index (χ1) is 15.7. The third kappa shape index (κ3) is 4.88. The number of carbonyl (C=O) groups is 1. The number of hydrogen-bond acceptors (Lipinski definition) is 4. The number of nitrogens with one attached hydrogen (secondary N) is 1. The van der Waals surface area contributed by atoms with Gasteiger partial charge in [-0.2, -0.15) is 0 Å². The minimum absolute atomic E-state index is 0.128. The molecule has 0 radical (unpaired) electrons. The molecule has 174 valence electrons. The van der Waals surface area contributed by atoms with Crippen molar-refractivity contribution in [1.29, 1.82) is 0 Å². The van der Waals surface area contributed by atoms with Crippen molar-refractivity contribution in [2.75, 3.05) is 11.9 Å². The van der Waals surface area contributed by atoms with Crippen molar-refractivity contribution in [1.82, 2.24) is 14.5 Å². The molecule has 3 N–H and O–H groups in total. The van der Waals surface area contributed by atoms with E-state index in [2.05, 4.69) is 5.32 Å². The Morgan fingerprint density at radius 2 is 1.82 bits per heavy atom. The number of rotatable bonds is 6. The summed E-state index contributed by atoms with van der Waals surface area (Å²) >= 11 is 0. The van der Waals surface area contributed by atoms with Gasteiger partial charge in [-0.3, -0.25) is 4.79 Å². The first-order valence-electron chi connectivity index (χ1n) is 10.8. The number of amides is 1. The van der Waals surface area contributed by atoms with Gasteiger partial charge < -0.3 is 20.5 Å². The van der Waals surface area contributed by atoms with Crippen molar-refractivity contribution in [2.24, 2.45) is 11.7 Å². The molecule has 33 heavy (non-hydrogen) atoms. The van der Waals surface area contributed by atoms with Crippen molar-refractivity contribution >= 4 is 17.4 Å². The molecule has 1 amide bonds. The molecule has 9 heteroatoms. The van der Waals surface area contributed by atoms with Gasteiger partial charge in [0, 0.05) is 30.4 Å². The topological polar surface area (TPSA) is 76.2 Å². The van der Waals surface area contributed by atoms with Gasteiger partial charge in [0.1, 0.15) is 23.2 Å². The summed E-state index contributed by atoms with van der Waals surface area (Å²) in [5.41, 5.74) is 7.62. The summed E-state index contributed by atoms with van der Waals surface area (Å²) in [6, 6.07) is 8.81. The third-order valence-corrected chi connectivity index (χ3v) is 5.63. The monoisotopic (exact) mass is 457 g/mol. The van der Waals surface area contributed by atoms with Crippen molar-refractivity contribution in [2.45, 2.75) is 39.4 Å². The maximum Gasteiger partial charge on any atom is 0.239 e. The lowest BCUT2D eigenvalue weighted by Crippen LogP contribution is -2.47. The van der Waals surface area contributed by atoms with Crippen LogP contribution < -0.4 is 11.1 Å². The third-order valence-electron chi connectivity index (χ3n) is 5.63. The van der Waals surface area contributed by atoms with Crippen LogP contribution in [0.5, 0.6) is 0 Å². The second kappa shape index (κ2) is 9.27. The Morgan fingerprint density at radius 3 is 2.48 bits per heavy atom. The summed E-state index contributed by atoms with van der Waals surface area (Å²) in [5, 5.41) is 3.13. The van der Waals surface area contributed by atoms with Gasteiger partial charge in [-0.1, -0.05) is 13.8 Å². The molecule has 0 saturated heterocycles. The molecular formula is C24H26F3N5O. The van der Waals surface area contributed by atoms with Gasteiger partial charge in [-0.05, 0) is 48.7 Å². The van der Waals surface area contributed by atoms with Crippen molar-refractivity contribution in [3.8, 4) is 11.3 Å². The van der Waals surface area contributed by atoms with Crippen molar-refractivity contribution < 1.29 is 18.0 Å². The number of hydrogen-bond donors (Lipinski definition) is 2. The minimum Gasteiger partial charge on any atom is -0.340 e. The van der Waals surface area contributed by atoms with Crippen LogP contribution in [0, 0.1) is 23.4 Å². The Bertz CT molecular complexity index is 1160. The molecule has 1 aliphatic rings. The van der Waals surface area contributed by atoms with E-state index in [0.717, 1.165) is 12.1 Å². The molecule has 0 spiro atoms. The van der Waals surface area contributed by atoms with Gasteiger partial charge >= 0.3 is 0 Å². The Labute approximate surface area is 190 Å². The van der Waals surface area contributed by atoms with E-state index in [1.54, 1.807) is 17.0 Å². The van der Waals surface area contributed by atoms with Gasteiger partial charge in [-0.25, -0.2) is 18.2 Å². The maximum absolute atomic E-state index is 13.8. The maximum atomic E-state index is 13.8. The minimum atomic E-state index is -0.974. The summed E-state index contributed by atoms with van der Waals surface area (Å²) in [6.45, 7) is 5.17. The van der Waals surface area contributed by atoms with E-state index >= 15 is 0 Å². The number of fused-ring (bicyclic) bond motifs is 1. The fourth-order valence-corrected chi connectivity index (χ4v) is 4.01. The van der Waals surface area contributed by atoms with Gasteiger partial charge in [-0.15, -0.1) is 0 Å². The van der Waals surface area contributed by atoms with Gasteiger partial charge in [0.25, 0.3) is 0 Å². The van der Waals surface area contributed by atoms with Crippen LogP contribution in [0.1, 0.15) is 26.1 Å². The van der Waals surface area contributed by atoms with Crippen LogP contribution >= 0.6 is 0 Å². The smallest absolute Gasteiger partial charge is 0.239 e. The van der Waals surface area contributed by atoms with Crippen LogP contribution in [0.25, 0.3) is 11.3 Å². The van der Waals surface area contributed by atoms with Crippen LogP contribution in [-0.2, 0) is 17.9 Å². The highest BCUT2D eigenvalue weighted by atomic mass is 19.2. The quantitative estimate of drug-likeness (QED) is 0.574. The van der Waals surface area contributed by atoms with Crippen molar-refractivity contribution in [3.63, 3.8) is 0 Å². The second-order valence-electron chi connectivity index (χ2n) is 8.63. The van der Waals surface area contributed by atoms with Crippen LogP contribution in [0.2, 0.25) is 0 Å². The van der Waals surface area contributed by atoms with E-state index in [1.165, 1.54) is 18.2 Å². The Morgan fingerprint density at radius 1 is 1.09 bits per heavy atom. The van der Waals surface area contributed by atoms with Crippen LogP contribution in [0.3, 0.4) is 0 Å². The highest BCUT2D eigenvalue weighted by Crippen LogP contribution is 2.33. The molecule has 1 atom stereocenters. The first-order valence-corrected chi connectivity index (χ1v) is 10.8. The Hall–Kier alpha value is -3.33. The highest BCUT2D eigenvalue weighted by Gasteiger charge is 2.29. The molecule has 0 fully saturated rings. The lowest BCUT2D eigenvalue weighted by atomic mass is 10.0. The molecule has 0 bridgehead atoms. The summed E-state index contributed by atoms with van der Waals surface area (Å²) in [6.07, 6.45) is 0.591. The average molecular weight is 458 g/mol. The largest absolute Gasteiger partial charge is 0.340 e. The fourth-order valence-electron chi connectivity index (χ4n) is 4.01. The zero-order valence-corrected chi connectivity index (χ0v) is 18.5. The standard InChI is InChI=1S/C24H26F3N5O/c1-14(2)11-20(28)24(33)31-9-10-32-21(13-31)30-22(15-3-5-16(25)6-4-15)23(32)29-17-7-8-18(26)19(27)12-17/h3-8,12,14,20,29H,9-11,13,28H2,1-2H3. The van der Waals surface area contributed by atoms with E-state index in [-0.39, 0.29) is 18.3 Å². The number of aromatic nitrogens is 2. The number of imidazole rings is 1. The number of nitrogens with zero attached hydrogens (tertiary/aromatic N) is 3. The van der Waals surface area contributed by atoms with E-state index in [4.69, 9.17) is 10.7 Å². The number of carbonyl (C=O) groups excluding carboxylic acids is 1. The molecule has 0 saturated carbocycles. The molecule has 1 aliphatic heterocycles. The Kier molecular flexibility index (Phi) is 6.42. The summed E-state index contributed by atoms with van der Waals surface area (Å²) in [5.74, 6) is -0.950. The molecular weight excluding hydrogens is 431 g/mol. The highest BCUT2D eigenvalue weighted by molar-refractivity contribution is 5.82. The molecule has 3 aromatic rings. The molecule has 2 heterocycles. The zero-order chi connectivity index (χ0) is 23.7. The molecule has 4 rings (SSSR count).